The summed E-state index contributed by atoms with van der Waals surface area (Å²) in [6.45, 7) is 2.05. The minimum absolute atomic E-state index is 0.0504. The molecule has 3 aromatic heterocycles. The SMILES string of the molecule is COc1ccc(Cn2c(=O)c3c(O)c(Sc4nnc(C)s4)c(=O)oc3c3ccccc32)cc1. The summed E-state index contributed by atoms with van der Waals surface area (Å²) in [5.41, 5.74) is 0.319. The molecule has 0 radical (unpaired) electrons. The van der Waals surface area contributed by atoms with E-state index in [0.29, 0.717) is 21.0 Å². The number of rotatable bonds is 5. The van der Waals surface area contributed by atoms with E-state index in [1.807, 2.05) is 24.3 Å². The third-order valence-electron chi connectivity index (χ3n) is 5.15. The normalized spacial score (nSPS) is 11.3. The van der Waals surface area contributed by atoms with E-state index in [1.54, 1.807) is 42.9 Å². The Morgan fingerprint density at radius 2 is 1.88 bits per heavy atom. The Hall–Kier alpha value is -3.63. The molecule has 166 valence electrons. The number of para-hydroxylation sites is 1. The molecule has 0 saturated carbocycles. The average molecular weight is 480 g/mol. The molecule has 0 spiro atoms. The van der Waals surface area contributed by atoms with Crippen molar-refractivity contribution in [1.29, 1.82) is 0 Å². The molecule has 5 rings (SSSR count). The monoisotopic (exact) mass is 479 g/mol. The number of hydrogen-bond acceptors (Lipinski definition) is 9. The molecule has 1 N–H and O–H groups in total. The van der Waals surface area contributed by atoms with Crippen LogP contribution in [0.2, 0.25) is 0 Å². The highest BCUT2D eigenvalue weighted by Crippen LogP contribution is 2.38. The van der Waals surface area contributed by atoms with Crippen LogP contribution in [0.5, 0.6) is 11.5 Å². The molecule has 0 aliphatic heterocycles. The highest BCUT2D eigenvalue weighted by molar-refractivity contribution is 8.01. The van der Waals surface area contributed by atoms with Crippen molar-refractivity contribution in [2.75, 3.05) is 7.11 Å². The molecule has 3 heterocycles. The fraction of sp³-hybridized carbons (Fsp3) is 0.130. The van der Waals surface area contributed by atoms with Gasteiger partial charge in [-0.15, -0.1) is 10.2 Å². The predicted octanol–water partition coefficient (Wildman–Crippen LogP) is 4.18. The van der Waals surface area contributed by atoms with Crippen molar-refractivity contribution in [3.05, 3.63) is 79.9 Å². The van der Waals surface area contributed by atoms with Gasteiger partial charge in [0.25, 0.3) is 5.56 Å². The Bertz CT molecular complexity index is 1620. The van der Waals surface area contributed by atoms with Crippen LogP contribution in [0.4, 0.5) is 0 Å². The van der Waals surface area contributed by atoms with Gasteiger partial charge in [-0.3, -0.25) is 4.79 Å². The van der Waals surface area contributed by atoms with Crippen LogP contribution in [0.1, 0.15) is 10.6 Å². The number of hydrogen-bond donors (Lipinski definition) is 1. The molecule has 2 aromatic carbocycles. The molecule has 5 aromatic rings. The molecule has 0 saturated heterocycles. The van der Waals surface area contributed by atoms with E-state index < -0.39 is 16.9 Å². The van der Waals surface area contributed by atoms with Gasteiger partial charge in [-0.25, -0.2) is 4.79 Å². The largest absolute Gasteiger partial charge is 0.505 e. The van der Waals surface area contributed by atoms with Gasteiger partial charge in [0.15, 0.2) is 15.7 Å². The van der Waals surface area contributed by atoms with Gasteiger partial charge in [0.2, 0.25) is 0 Å². The van der Waals surface area contributed by atoms with Crippen LogP contribution in [-0.4, -0.2) is 27.0 Å². The summed E-state index contributed by atoms with van der Waals surface area (Å²) < 4.78 is 12.8. The topological polar surface area (TPSA) is 107 Å². The first kappa shape index (κ1) is 21.2. The highest BCUT2D eigenvalue weighted by atomic mass is 32.2. The summed E-state index contributed by atoms with van der Waals surface area (Å²) in [6.07, 6.45) is 0. The van der Waals surface area contributed by atoms with E-state index in [9.17, 15) is 14.7 Å². The molecule has 0 amide bonds. The maximum Gasteiger partial charge on any atom is 0.354 e. The maximum atomic E-state index is 13.6. The lowest BCUT2D eigenvalue weighted by Gasteiger charge is -2.14. The Kier molecular flexibility index (Phi) is 5.39. The maximum absolute atomic E-state index is 13.6. The second-order valence-corrected chi connectivity index (χ2v) is 9.66. The minimum atomic E-state index is -0.740. The number of aryl methyl sites for hydroxylation is 1. The van der Waals surface area contributed by atoms with Crippen LogP contribution in [0.15, 0.2) is 71.8 Å². The Labute approximate surface area is 195 Å². The molecule has 0 fully saturated rings. The smallest absolute Gasteiger partial charge is 0.354 e. The van der Waals surface area contributed by atoms with Gasteiger partial charge in [0.05, 0.1) is 19.2 Å². The third-order valence-corrected chi connectivity index (χ3v) is 7.11. The van der Waals surface area contributed by atoms with Crippen LogP contribution < -0.4 is 15.9 Å². The van der Waals surface area contributed by atoms with Gasteiger partial charge in [0.1, 0.15) is 21.0 Å². The summed E-state index contributed by atoms with van der Waals surface area (Å²) >= 11 is 2.21. The summed E-state index contributed by atoms with van der Waals surface area (Å²) in [5, 5.41) is 20.2. The van der Waals surface area contributed by atoms with E-state index in [2.05, 4.69) is 10.2 Å². The first-order chi connectivity index (χ1) is 16.0. The van der Waals surface area contributed by atoms with Crippen LogP contribution in [0, 0.1) is 6.92 Å². The summed E-state index contributed by atoms with van der Waals surface area (Å²) in [4.78, 5) is 26.2. The van der Waals surface area contributed by atoms with Gasteiger partial charge in [-0.05, 0) is 48.5 Å². The number of pyridine rings is 1. The fourth-order valence-electron chi connectivity index (χ4n) is 3.61. The number of fused-ring (bicyclic) bond motifs is 3. The lowest BCUT2D eigenvalue weighted by Crippen LogP contribution is -2.22. The van der Waals surface area contributed by atoms with Gasteiger partial charge in [-0.1, -0.05) is 35.6 Å². The molecule has 0 unspecified atom stereocenters. The predicted molar refractivity (Wildman–Crippen MR) is 127 cm³/mol. The second-order valence-electron chi connectivity index (χ2n) is 7.22. The van der Waals surface area contributed by atoms with E-state index >= 15 is 0 Å². The Morgan fingerprint density at radius 3 is 2.58 bits per heavy atom. The van der Waals surface area contributed by atoms with Crippen molar-refractivity contribution in [3.8, 4) is 11.5 Å². The highest BCUT2D eigenvalue weighted by Gasteiger charge is 2.23. The van der Waals surface area contributed by atoms with Crippen LogP contribution in [-0.2, 0) is 6.54 Å². The number of ether oxygens (including phenoxy) is 1. The summed E-state index contributed by atoms with van der Waals surface area (Å²) in [6, 6.07) is 14.5. The summed E-state index contributed by atoms with van der Waals surface area (Å²) in [5.74, 6) is 0.292. The number of methoxy groups -OCH3 is 1. The van der Waals surface area contributed by atoms with E-state index in [0.717, 1.165) is 22.3 Å². The lowest BCUT2D eigenvalue weighted by atomic mass is 10.1. The number of aromatic nitrogens is 3. The van der Waals surface area contributed by atoms with Crippen molar-refractivity contribution in [2.24, 2.45) is 0 Å². The van der Waals surface area contributed by atoms with Crippen LogP contribution >= 0.6 is 23.1 Å². The molecule has 33 heavy (non-hydrogen) atoms. The number of nitrogens with zero attached hydrogens (tertiary/aromatic N) is 3. The zero-order valence-electron chi connectivity index (χ0n) is 17.6. The molecule has 0 aliphatic carbocycles. The van der Waals surface area contributed by atoms with Crippen molar-refractivity contribution in [2.45, 2.75) is 22.7 Å². The van der Waals surface area contributed by atoms with Crippen molar-refractivity contribution < 1.29 is 14.3 Å². The standard InChI is InChI=1S/C23H17N3O5S2/c1-12-24-25-23(32-12)33-20-18(27)17-19(31-22(20)29)15-5-3-4-6-16(15)26(21(17)28)11-13-7-9-14(30-2)10-8-13/h3-10,27H,11H2,1-2H3. The van der Waals surface area contributed by atoms with Crippen molar-refractivity contribution >= 4 is 45.0 Å². The quantitative estimate of drug-likeness (QED) is 0.374. The van der Waals surface area contributed by atoms with Gasteiger partial charge < -0.3 is 18.8 Å². The Morgan fingerprint density at radius 1 is 1.12 bits per heavy atom. The first-order valence-corrected chi connectivity index (χ1v) is 11.5. The molecule has 10 heteroatoms. The van der Waals surface area contributed by atoms with Crippen LogP contribution in [0.3, 0.4) is 0 Å². The first-order valence-electron chi connectivity index (χ1n) is 9.88. The van der Waals surface area contributed by atoms with Gasteiger partial charge in [-0.2, -0.15) is 0 Å². The van der Waals surface area contributed by atoms with Crippen LogP contribution in [0.25, 0.3) is 21.9 Å². The van der Waals surface area contributed by atoms with Crippen molar-refractivity contribution in [1.82, 2.24) is 14.8 Å². The minimum Gasteiger partial charge on any atom is -0.505 e. The van der Waals surface area contributed by atoms with E-state index in [-0.39, 0.29) is 22.4 Å². The Balaban J connectivity index is 1.75. The number of aromatic hydroxyl groups is 1. The van der Waals surface area contributed by atoms with Gasteiger partial charge >= 0.3 is 5.63 Å². The lowest BCUT2D eigenvalue weighted by molar-refractivity contribution is 0.414. The average Bonchev–Trinajstić information content (AvgIpc) is 3.24. The van der Waals surface area contributed by atoms with Crippen molar-refractivity contribution in [3.63, 3.8) is 0 Å². The molecular formula is C23H17N3O5S2. The molecular weight excluding hydrogens is 462 g/mol. The van der Waals surface area contributed by atoms with E-state index in [4.69, 9.17) is 9.15 Å². The third kappa shape index (κ3) is 3.77. The zero-order chi connectivity index (χ0) is 23.1. The summed E-state index contributed by atoms with van der Waals surface area (Å²) in [7, 11) is 1.59. The second kappa shape index (κ2) is 8.38. The molecule has 0 bridgehead atoms. The molecule has 8 nitrogen and oxygen atoms in total. The fourth-order valence-corrected chi connectivity index (χ4v) is 5.38. The molecule has 0 aliphatic rings. The molecule has 0 atom stereocenters. The zero-order valence-corrected chi connectivity index (χ0v) is 19.2. The van der Waals surface area contributed by atoms with Gasteiger partial charge in [0, 0.05) is 5.39 Å². The van der Waals surface area contributed by atoms with E-state index in [1.165, 1.54) is 11.3 Å². The number of benzene rings is 2.